The molecule has 1 aromatic carbocycles. The number of piperidine rings is 1. The number of aromatic nitrogens is 6. The van der Waals surface area contributed by atoms with Gasteiger partial charge in [0.25, 0.3) is 0 Å². The molecule has 1 aliphatic carbocycles. The fraction of sp³-hybridized carbons (Fsp3) is 0.400. The molecular weight excluding hydrogens is 422 g/mol. The summed E-state index contributed by atoms with van der Waals surface area (Å²) in [6, 6.07) is 1.90. The van der Waals surface area contributed by atoms with Gasteiger partial charge in [-0.15, -0.1) is 5.10 Å². The van der Waals surface area contributed by atoms with Gasteiger partial charge in [0.05, 0.1) is 5.39 Å². The van der Waals surface area contributed by atoms with Crippen molar-refractivity contribution in [3.63, 3.8) is 0 Å². The Labute approximate surface area is 179 Å². The van der Waals surface area contributed by atoms with Crippen molar-refractivity contribution in [1.29, 1.82) is 0 Å². The average molecular weight is 440 g/mol. The first-order valence-electron chi connectivity index (χ1n) is 10.4. The van der Waals surface area contributed by atoms with E-state index in [-0.39, 0.29) is 40.2 Å². The van der Waals surface area contributed by atoms with Crippen LogP contribution in [0.5, 0.6) is 0 Å². The maximum Gasteiger partial charge on any atom is 0.316 e. The van der Waals surface area contributed by atoms with Crippen LogP contribution >= 0.6 is 0 Å². The fourth-order valence-electron chi connectivity index (χ4n) is 4.18. The number of halogens is 2. The van der Waals surface area contributed by atoms with E-state index in [1.807, 2.05) is 0 Å². The highest BCUT2D eigenvalue weighted by Gasteiger charge is 2.34. The van der Waals surface area contributed by atoms with Gasteiger partial charge in [0.15, 0.2) is 23.1 Å². The quantitative estimate of drug-likeness (QED) is 0.514. The van der Waals surface area contributed by atoms with E-state index in [1.165, 1.54) is 4.52 Å². The van der Waals surface area contributed by atoms with E-state index >= 15 is 0 Å². The predicted octanol–water partition coefficient (Wildman–Crippen LogP) is 2.42. The van der Waals surface area contributed by atoms with Gasteiger partial charge in [0.2, 0.25) is 5.95 Å². The Morgan fingerprint density at radius 1 is 1.09 bits per heavy atom. The van der Waals surface area contributed by atoms with Gasteiger partial charge in [-0.25, -0.2) is 18.7 Å². The molecule has 2 aliphatic rings. The first-order valence-corrected chi connectivity index (χ1v) is 10.4. The molecule has 1 saturated heterocycles. The van der Waals surface area contributed by atoms with Gasteiger partial charge in [-0.05, 0) is 31.7 Å². The summed E-state index contributed by atoms with van der Waals surface area (Å²) in [5.41, 5.74) is 6.10. The number of carbonyl (C=O) groups is 1. The Morgan fingerprint density at radius 3 is 2.75 bits per heavy atom. The number of likely N-dealkylation sites (tertiary alicyclic amines) is 1. The number of anilines is 1. The zero-order valence-corrected chi connectivity index (χ0v) is 16.8. The lowest BCUT2D eigenvalue weighted by molar-refractivity contribution is 0.0654. The molecule has 3 aromatic heterocycles. The normalized spacial score (nSPS) is 19.2. The highest BCUT2D eigenvalue weighted by Crippen LogP contribution is 2.38. The van der Waals surface area contributed by atoms with Crippen LogP contribution < -0.4 is 5.73 Å². The van der Waals surface area contributed by atoms with Crippen molar-refractivity contribution in [3.05, 3.63) is 41.3 Å². The third-order valence-corrected chi connectivity index (χ3v) is 5.98. The molecule has 4 heterocycles. The van der Waals surface area contributed by atoms with Gasteiger partial charge < -0.3 is 15.2 Å². The lowest BCUT2D eigenvalue weighted by Gasteiger charge is -2.30. The molecule has 6 rings (SSSR count). The number of benzene rings is 1. The topological polar surface area (TPSA) is 128 Å². The molecule has 1 amide bonds. The summed E-state index contributed by atoms with van der Waals surface area (Å²) in [7, 11) is 0. The monoisotopic (exact) mass is 440 g/mol. The Kier molecular flexibility index (Phi) is 4.10. The molecule has 0 spiro atoms. The summed E-state index contributed by atoms with van der Waals surface area (Å²) in [4.78, 5) is 27.3. The highest BCUT2D eigenvalue weighted by atomic mass is 19.1. The number of hydrogen-bond acceptors (Lipinski definition) is 8. The van der Waals surface area contributed by atoms with Gasteiger partial charge in [0, 0.05) is 31.0 Å². The molecular formula is C20H18F2N8O2. The molecule has 1 atom stereocenters. The van der Waals surface area contributed by atoms with Crippen molar-refractivity contribution >= 4 is 28.4 Å². The Bertz CT molecular complexity index is 1380. The minimum absolute atomic E-state index is 0.0131. The van der Waals surface area contributed by atoms with Crippen molar-refractivity contribution in [2.24, 2.45) is 0 Å². The highest BCUT2D eigenvalue weighted by molar-refractivity contribution is 5.92. The van der Waals surface area contributed by atoms with Crippen LogP contribution in [0.25, 0.3) is 16.6 Å². The van der Waals surface area contributed by atoms with Crippen LogP contribution in [-0.4, -0.2) is 53.6 Å². The van der Waals surface area contributed by atoms with E-state index in [9.17, 15) is 13.6 Å². The van der Waals surface area contributed by atoms with Crippen molar-refractivity contribution in [3.8, 4) is 0 Å². The third kappa shape index (κ3) is 3.05. The number of nitrogens with two attached hydrogens (primary N) is 1. The summed E-state index contributed by atoms with van der Waals surface area (Å²) < 4.78 is 34.5. The van der Waals surface area contributed by atoms with Crippen LogP contribution in [0.3, 0.4) is 0 Å². The Balaban J connectivity index is 1.32. The summed E-state index contributed by atoms with van der Waals surface area (Å²) >= 11 is 0. The first-order chi connectivity index (χ1) is 15.5. The first kappa shape index (κ1) is 19.0. The maximum absolute atomic E-state index is 14.2. The van der Waals surface area contributed by atoms with Crippen LogP contribution in [0.4, 0.5) is 14.7 Å². The Hall–Kier alpha value is -3.70. The lowest BCUT2D eigenvalue weighted by Crippen LogP contribution is -2.39. The average Bonchev–Trinajstić information content (AvgIpc) is 3.33. The SMILES string of the molecule is Nc1nc2c(F)cc(F)cc2c2nc(C3CCCN(C(=O)c4nc(C5CC5)no4)C3)nn12. The van der Waals surface area contributed by atoms with E-state index in [0.29, 0.717) is 30.7 Å². The fourth-order valence-corrected chi connectivity index (χ4v) is 4.18. The largest absolute Gasteiger partial charge is 0.368 e. The second kappa shape index (κ2) is 6.90. The van der Waals surface area contributed by atoms with Crippen LogP contribution in [0.15, 0.2) is 16.7 Å². The molecule has 1 aliphatic heterocycles. The van der Waals surface area contributed by atoms with Crippen molar-refractivity contribution in [2.45, 2.75) is 37.5 Å². The summed E-state index contributed by atoms with van der Waals surface area (Å²) in [6.45, 7) is 0.901. The van der Waals surface area contributed by atoms with E-state index < -0.39 is 11.6 Å². The van der Waals surface area contributed by atoms with Crippen molar-refractivity contribution < 1.29 is 18.1 Å². The maximum atomic E-state index is 14.2. The molecule has 0 bridgehead atoms. The van der Waals surface area contributed by atoms with Crippen LogP contribution in [0, 0.1) is 11.6 Å². The van der Waals surface area contributed by atoms with Crippen LogP contribution in [-0.2, 0) is 0 Å². The van der Waals surface area contributed by atoms with Gasteiger partial charge in [0.1, 0.15) is 11.3 Å². The van der Waals surface area contributed by atoms with Gasteiger partial charge >= 0.3 is 11.8 Å². The summed E-state index contributed by atoms with van der Waals surface area (Å²) in [5.74, 6) is -0.846. The molecule has 10 nitrogen and oxygen atoms in total. The number of nitrogen functional groups attached to an aromatic ring is 1. The molecule has 4 aromatic rings. The number of rotatable bonds is 3. The number of carbonyl (C=O) groups excluding carboxylic acids is 1. The zero-order valence-electron chi connectivity index (χ0n) is 16.8. The molecule has 1 unspecified atom stereocenters. The van der Waals surface area contributed by atoms with Crippen molar-refractivity contribution in [1.82, 2.24) is 34.6 Å². The lowest BCUT2D eigenvalue weighted by atomic mass is 9.97. The molecule has 0 radical (unpaired) electrons. The summed E-state index contributed by atoms with van der Waals surface area (Å²) in [5, 5.41) is 8.52. The van der Waals surface area contributed by atoms with Gasteiger partial charge in [-0.2, -0.15) is 9.50 Å². The molecule has 164 valence electrons. The van der Waals surface area contributed by atoms with E-state index in [1.54, 1.807) is 4.90 Å². The van der Waals surface area contributed by atoms with E-state index in [0.717, 1.165) is 37.8 Å². The molecule has 2 fully saturated rings. The second-order valence-corrected chi connectivity index (χ2v) is 8.28. The van der Waals surface area contributed by atoms with Gasteiger partial charge in [-0.1, -0.05) is 5.16 Å². The minimum atomic E-state index is -0.821. The molecule has 12 heteroatoms. The standard InChI is InChI=1S/C20H18F2N8O2/c21-11-6-12-14(13(22)7-11)24-20(23)30-17(12)25-15(27-30)10-2-1-5-29(8-10)19(31)18-26-16(28-32-18)9-3-4-9/h6-7,9-10H,1-5,8H2,(H2,23,24). The van der Waals surface area contributed by atoms with E-state index in [4.69, 9.17) is 10.3 Å². The smallest absolute Gasteiger partial charge is 0.316 e. The number of fused-ring (bicyclic) bond motifs is 3. The zero-order chi connectivity index (χ0) is 22.0. The number of nitrogens with zero attached hydrogens (tertiary/aromatic N) is 7. The molecule has 1 saturated carbocycles. The predicted molar refractivity (Wildman–Crippen MR) is 107 cm³/mol. The molecule has 2 N–H and O–H groups in total. The van der Waals surface area contributed by atoms with Crippen molar-refractivity contribution in [2.75, 3.05) is 18.8 Å². The third-order valence-electron chi connectivity index (χ3n) is 5.98. The Morgan fingerprint density at radius 2 is 1.94 bits per heavy atom. The minimum Gasteiger partial charge on any atom is -0.368 e. The van der Waals surface area contributed by atoms with E-state index in [2.05, 4.69) is 25.2 Å². The van der Waals surface area contributed by atoms with Gasteiger partial charge in [-0.3, -0.25) is 4.79 Å². The number of amides is 1. The van der Waals surface area contributed by atoms with Crippen LogP contribution in [0.1, 0.15) is 59.9 Å². The van der Waals surface area contributed by atoms with Crippen LogP contribution in [0.2, 0.25) is 0 Å². The molecule has 32 heavy (non-hydrogen) atoms. The second-order valence-electron chi connectivity index (χ2n) is 8.28. The summed E-state index contributed by atoms with van der Waals surface area (Å²) in [6.07, 6.45) is 3.50. The number of hydrogen-bond donors (Lipinski definition) is 1.